The number of hydrogen-bond acceptors (Lipinski definition) is 3. The van der Waals surface area contributed by atoms with Crippen LogP contribution in [0.3, 0.4) is 0 Å². The van der Waals surface area contributed by atoms with Gasteiger partial charge in [0.1, 0.15) is 18.2 Å². The first-order valence-corrected chi connectivity index (χ1v) is 10.0. The molecule has 2 aromatic carbocycles. The number of halogens is 3. The maximum atomic E-state index is 13.2. The second-order valence-electron chi connectivity index (χ2n) is 7.24. The van der Waals surface area contributed by atoms with Gasteiger partial charge in [0, 0.05) is 19.1 Å². The van der Waals surface area contributed by atoms with Crippen LogP contribution < -0.4 is 15.4 Å². The number of alkyl halides is 2. The second kappa shape index (κ2) is 10.9. The number of nitrogens with one attached hydrogen (secondary N) is 2. The Morgan fingerprint density at radius 2 is 1.70 bits per heavy atom. The summed E-state index contributed by atoms with van der Waals surface area (Å²) in [6, 6.07) is 12.7. The highest BCUT2D eigenvalue weighted by Crippen LogP contribution is 2.17. The monoisotopic (exact) mass is 421 g/mol. The molecule has 0 unspecified atom stereocenters. The van der Waals surface area contributed by atoms with Crippen molar-refractivity contribution in [1.29, 1.82) is 0 Å². The summed E-state index contributed by atoms with van der Waals surface area (Å²) in [5.41, 5.74) is 1.70. The van der Waals surface area contributed by atoms with Crippen LogP contribution >= 0.6 is 0 Å². The minimum absolute atomic E-state index is 0.0985. The fourth-order valence-electron chi connectivity index (χ4n) is 3.41. The van der Waals surface area contributed by atoms with Crippen LogP contribution in [-0.2, 0) is 13.1 Å². The highest BCUT2D eigenvalue weighted by Gasteiger charge is 2.25. The zero-order valence-electron chi connectivity index (χ0n) is 16.6. The lowest BCUT2D eigenvalue weighted by Gasteiger charge is -2.35. The summed E-state index contributed by atoms with van der Waals surface area (Å²) < 4.78 is 42.6. The Kier molecular flexibility index (Phi) is 7.96. The zero-order chi connectivity index (χ0) is 21.3. The summed E-state index contributed by atoms with van der Waals surface area (Å²) in [7, 11) is 0. The minimum Gasteiger partial charge on any atom is -0.488 e. The quantitative estimate of drug-likeness (QED) is 0.679. The van der Waals surface area contributed by atoms with E-state index in [0.717, 1.165) is 37.1 Å². The minimum atomic E-state index is -2.52. The van der Waals surface area contributed by atoms with Crippen molar-refractivity contribution < 1.29 is 22.7 Å². The molecule has 0 spiro atoms. The molecule has 0 radical (unpaired) electrons. The fraction of sp³-hybridized carbons (Fsp3) is 0.409. The molecule has 1 fully saturated rings. The van der Waals surface area contributed by atoms with E-state index in [0.29, 0.717) is 18.8 Å². The van der Waals surface area contributed by atoms with Crippen LogP contribution in [0.5, 0.6) is 5.75 Å². The molecule has 0 saturated carbocycles. The van der Waals surface area contributed by atoms with Crippen molar-refractivity contribution in [3.8, 4) is 5.75 Å². The molecular weight excluding hydrogens is 395 g/mol. The second-order valence-corrected chi connectivity index (χ2v) is 7.24. The molecule has 2 N–H and O–H groups in total. The SMILES string of the molecule is O=C(NCc1ccc(OCC(F)F)cc1)N(Cc1ccc(F)cc1)C1CCNCC1. The fourth-order valence-corrected chi connectivity index (χ4v) is 3.41. The molecule has 30 heavy (non-hydrogen) atoms. The molecule has 3 rings (SSSR count). The number of carbonyl (C=O) groups excluding carboxylic acids is 1. The summed E-state index contributed by atoms with van der Waals surface area (Å²) in [5.74, 6) is 0.0515. The molecule has 2 aromatic rings. The van der Waals surface area contributed by atoms with Crippen LogP contribution in [0, 0.1) is 5.82 Å². The van der Waals surface area contributed by atoms with Crippen molar-refractivity contribution in [2.45, 2.75) is 38.4 Å². The largest absolute Gasteiger partial charge is 0.488 e. The first-order valence-electron chi connectivity index (χ1n) is 10.0. The topological polar surface area (TPSA) is 53.6 Å². The summed E-state index contributed by atoms with van der Waals surface area (Å²) in [6.45, 7) is 1.75. The predicted octanol–water partition coefficient (Wildman–Crippen LogP) is 3.93. The summed E-state index contributed by atoms with van der Waals surface area (Å²) in [6.07, 6.45) is -0.818. The van der Waals surface area contributed by atoms with Gasteiger partial charge in [-0.15, -0.1) is 0 Å². The average molecular weight is 421 g/mol. The Hall–Kier alpha value is -2.74. The van der Waals surface area contributed by atoms with Crippen molar-refractivity contribution in [3.05, 3.63) is 65.5 Å². The van der Waals surface area contributed by atoms with Crippen molar-refractivity contribution in [2.75, 3.05) is 19.7 Å². The Morgan fingerprint density at radius 1 is 1.07 bits per heavy atom. The highest BCUT2D eigenvalue weighted by molar-refractivity contribution is 5.74. The van der Waals surface area contributed by atoms with E-state index < -0.39 is 13.0 Å². The first-order chi connectivity index (χ1) is 14.5. The normalized spacial score (nSPS) is 14.5. The Balaban J connectivity index is 1.60. The van der Waals surface area contributed by atoms with Gasteiger partial charge in [-0.2, -0.15) is 0 Å². The van der Waals surface area contributed by atoms with Gasteiger partial charge in [0.25, 0.3) is 6.43 Å². The van der Waals surface area contributed by atoms with E-state index in [2.05, 4.69) is 10.6 Å². The molecule has 0 aromatic heterocycles. The lowest BCUT2D eigenvalue weighted by Crippen LogP contribution is -2.49. The summed E-state index contributed by atoms with van der Waals surface area (Å²) >= 11 is 0. The highest BCUT2D eigenvalue weighted by atomic mass is 19.3. The van der Waals surface area contributed by atoms with Gasteiger partial charge in [0.15, 0.2) is 0 Å². The number of piperidine rings is 1. The van der Waals surface area contributed by atoms with Crippen molar-refractivity contribution in [3.63, 3.8) is 0 Å². The van der Waals surface area contributed by atoms with Crippen LogP contribution in [0.15, 0.2) is 48.5 Å². The molecular formula is C22H26F3N3O2. The van der Waals surface area contributed by atoms with Crippen LogP contribution in [0.25, 0.3) is 0 Å². The van der Waals surface area contributed by atoms with Gasteiger partial charge in [0.2, 0.25) is 0 Å². The van der Waals surface area contributed by atoms with Crippen molar-refractivity contribution in [2.24, 2.45) is 0 Å². The van der Waals surface area contributed by atoms with E-state index in [1.807, 2.05) is 0 Å². The molecule has 2 amide bonds. The lowest BCUT2D eigenvalue weighted by atomic mass is 10.0. The number of ether oxygens (including phenoxy) is 1. The standard InChI is InChI=1S/C22H26F3N3O2/c23-18-5-1-17(2-6-18)14-28(19-9-11-26-12-10-19)22(29)27-13-16-3-7-20(8-4-16)30-15-21(24)25/h1-8,19,21,26H,9-15H2,(H,27,29). The van der Waals surface area contributed by atoms with Gasteiger partial charge in [-0.25, -0.2) is 18.0 Å². The third kappa shape index (κ3) is 6.66. The molecule has 0 bridgehead atoms. The number of hydrogen-bond donors (Lipinski definition) is 2. The third-order valence-electron chi connectivity index (χ3n) is 5.02. The zero-order valence-corrected chi connectivity index (χ0v) is 16.6. The summed E-state index contributed by atoms with van der Waals surface area (Å²) in [5, 5.41) is 6.22. The number of nitrogens with zero attached hydrogens (tertiary/aromatic N) is 1. The van der Waals surface area contributed by atoms with Crippen LogP contribution in [-0.4, -0.2) is 43.1 Å². The van der Waals surface area contributed by atoms with Gasteiger partial charge in [-0.3, -0.25) is 0 Å². The molecule has 0 atom stereocenters. The Labute approximate surface area is 174 Å². The maximum Gasteiger partial charge on any atom is 0.318 e. The van der Waals surface area contributed by atoms with Crippen LogP contribution in [0.4, 0.5) is 18.0 Å². The molecule has 162 valence electrons. The van der Waals surface area contributed by atoms with E-state index >= 15 is 0 Å². The predicted molar refractivity (Wildman–Crippen MR) is 108 cm³/mol. The van der Waals surface area contributed by atoms with E-state index in [1.54, 1.807) is 41.3 Å². The molecule has 5 nitrogen and oxygen atoms in total. The molecule has 1 aliphatic rings. The smallest absolute Gasteiger partial charge is 0.318 e. The maximum absolute atomic E-state index is 13.2. The number of amides is 2. The molecule has 1 aliphatic heterocycles. The van der Waals surface area contributed by atoms with Gasteiger partial charge in [0.05, 0.1) is 0 Å². The molecule has 1 heterocycles. The molecule has 8 heteroatoms. The number of carbonyl (C=O) groups is 1. The Bertz CT molecular complexity index is 794. The first kappa shape index (κ1) is 22.0. The van der Waals surface area contributed by atoms with E-state index in [4.69, 9.17) is 4.74 Å². The van der Waals surface area contributed by atoms with E-state index in [1.165, 1.54) is 12.1 Å². The number of urea groups is 1. The van der Waals surface area contributed by atoms with Crippen LogP contribution in [0.2, 0.25) is 0 Å². The van der Waals surface area contributed by atoms with Crippen molar-refractivity contribution >= 4 is 6.03 Å². The average Bonchev–Trinajstić information content (AvgIpc) is 2.77. The molecule has 0 aliphatic carbocycles. The lowest BCUT2D eigenvalue weighted by molar-refractivity contribution is 0.0819. The molecule has 1 saturated heterocycles. The van der Waals surface area contributed by atoms with Gasteiger partial charge in [-0.1, -0.05) is 24.3 Å². The van der Waals surface area contributed by atoms with Gasteiger partial charge in [-0.05, 0) is 61.3 Å². The summed E-state index contributed by atoms with van der Waals surface area (Å²) in [4.78, 5) is 14.7. The van der Waals surface area contributed by atoms with Crippen molar-refractivity contribution in [1.82, 2.24) is 15.5 Å². The number of benzene rings is 2. The van der Waals surface area contributed by atoms with Gasteiger partial charge >= 0.3 is 6.03 Å². The Morgan fingerprint density at radius 3 is 2.33 bits per heavy atom. The van der Waals surface area contributed by atoms with Crippen LogP contribution in [0.1, 0.15) is 24.0 Å². The number of rotatable bonds is 8. The van der Waals surface area contributed by atoms with E-state index in [9.17, 15) is 18.0 Å². The van der Waals surface area contributed by atoms with E-state index in [-0.39, 0.29) is 17.9 Å². The van der Waals surface area contributed by atoms with Gasteiger partial charge < -0.3 is 20.3 Å². The third-order valence-corrected chi connectivity index (χ3v) is 5.02.